The SMILES string of the molecule is CN(Cc1cccs1)C(=O)CSc1ccc(Cl)cc1. The molecular weight excluding hydrogens is 298 g/mol. The van der Waals surface area contributed by atoms with Gasteiger partial charge in [0, 0.05) is 21.8 Å². The average Bonchev–Trinajstić information content (AvgIpc) is 2.90. The standard InChI is InChI=1S/C14H14ClNOS2/c1-16(9-13-3-2-8-18-13)14(17)10-19-12-6-4-11(15)5-7-12/h2-8H,9-10H2,1H3. The molecule has 0 unspecified atom stereocenters. The van der Waals surface area contributed by atoms with Crippen LogP contribution in [-0.4, -0.2) is 23.6 Å². The van der Waals surface area contributed by atoms with Crippen molar-refractivity contribution < 1.29 is 4.79 Å². The first-order valence-electron chi connectivity index (χ1n) is 5.80. The van der Waals surface area contributed by atoms with E-state index in [0.29, 0.717) is 17.3 Å². The highest BCUT2D eigenvalue weighted by Crippen LogP contribution is 2.21. The van der Waals surface area contributed by atoms with Crippen molar-refractivity contribution in [2.45, 2.75) is 11.4 Å². The van der Waals surface area contributed by atoms with Gasteiger partial charge in [-0.2, -0.15) is 0 Å². The zero-order valence-corrected chi connectivity index (χ0v) is 12.9. The van der Waals surface area contributed by atoms with Crippen LogP contribution in [0.25, 0.3) is 0 Å². The van der Waals surface area contributed by atoms with Gasteiger partial charge in [0.1, 0.15) is 0 Å². The van der Waals surface area contributed by atoms with E-state index in [1.54, 1.807) is 16.2 Å². The molecule has 19 heavy (non-hydrogen) atoms. The predicted octanol–water partition coefficient (Wildman–Crippen LogP) is 4.15. The number of thioether (sulfide) groups is 1. The Balaban J connectivity index is 1.82. The number of amides is 1. The minimum absolute atomic E-state index is 0.133. The molecule has 0 radical (unpaired) electrons. The Morgan fingerprint density at radius 2 is 2.05 bits per heavy atom. The van der Waals surface area contributed by atoms with Crippen molar-refractivity contribution in [2.24, 2.45) is 0 Å². The largest absolute Gasteiger partial charge is 0.340 e. The molecule has 0 spiro atoms. The Morgan fingerprint density at radius 1 is 1.32 bits per heavy atom. The van der Waals surface area contributed by atoms with Crippen LogP contribution in [0.2, 0.25) is 5.02 Å². The third-order valence-corrected chi connectivity index (χ3v) is 4.68. The molecule has 0 bridgehead atoms. The highest BCUT2D eigenvalue weighted by molar-refractivity contribution is 8.00. The van der Waals surface area contributed by atoms with Crippen LogP contribution >= 0.6 is 34.7 Å². The van der Waals surface area contributed by atoms with Gasteiger partial charge in [-0.15, -0.1) is 23.1 Å². The number of halogens is 1. The van der Waals surface area contributed by atoms with Crippen LogP contribution in [-0.2, 0) is 11.3 Å². The summed E-state index contributed by atoms with van der Waals surface area (Å²) < 4.78 is 0. The average molecular weight is 312 g/mol. The third kappa shape index (κ3) is 4.56. The van der Waals surface area contributed by atoms with Gasteiger partial charge >= 0.3 is 0 Å². The summed E-state index contributed by atoms with van der Waals surface area (Å²) in [6.07, 6.45) is 0. The second kappa shape index (κ2) is 6.98. The van der Waals surface area contributed by atoms with Gasteiger partial charge in [0.2, 0.25) is 5.91 Å². The minimum atomic E-state index is 0.133. The molecule has 1 aromatic heterocycles. The maximum atomic E-state index is 12.0. The van der Waals surface area contributed by atoms with E-state index in [2.05, 4.69) is 0 Å². The highest BCUT2D eigenvalue weighted by Gasteiger charge is 2.10. The molecule has 0 N–H and O–H groups in total. The minimum Gasteiger partial charge on any atom is -0.340 e. The normalized spacial score (nSPS) is 10.4. The van der Waals surface area contributed by atoms with E-state index in [9.17, 15) is 4.79 Å². The van der Waals surface area contributed by atoms with Gasteiger partial charge in [-0.1, -0.05) is 17.7 Å². The van der Waals surface area contributed by atoms with Crippen molar-refractivity contribution in [3.05, 3.63) is 51.7 Å². The van der Waals surface area contributed by atoms with Gasteiger partial charge in [-0.25, -0.2) is 0 Å². The second-order valence-electron chi connectivity index (χ2n) is 4.07. The van der Waals surface area contributed by atoms with Crippen LogP contribution in [0.3, 0.4) is 0 Å². The van der Waals surface area contributed by atoms with Crippen molar-refractivity contribution in [1.29, 1.82) is 0 Å². The van der Waals surface area contributed by atoms with Crippen molar-refractivity contribution in [3.63, 3.8) is 0 Å². The quantitative estimate of drug-likeness (QED) is 0.773. The van der Waals surface area contributed by atoms with Gasteiger partial charge in [-0.3, -0.25) is 4.79 Å². The van der Waals surface area contributed by atoms with Gasteiger partial charge in [0.25, 0.3) is 0 Å². The van der Waals surface area contributed by atoms with Gasteiger partial charge < -0.3 is 4.90 Å². The lowest BCUT2D eigenvalue weighted by Crippen LogP contribution is -2.27. The molecule has 2 rings (SSSR count). The number of nitrogens with zero attached hydrogens (tertiary/aromatic N) is 1. The molecule has 0 aliphatic rings. The highest BCUT2D eigenvalue weighted by atomic mass is 35.5. The van der Waals surface area contributed by atoms with E-state index in [1.165, 1.54) is 16.6 Å². The smallest absolute Gasteiger partial charge is 0.233 e. The van der Waals surface area contributed by atoms with E-state index in [1.807, 2.05) is 48.8 Å². The van der Waals surface area contributed by atoms with E-state index in [0.717, 1.165) is 4.90 Å². The van der Waals surface area contributed by atoms with Crippen molar-refractivity contribution in [2.75, 3.05) is 12.8 Å². The lowest BCUT2D eigenvalue weighted by molar-refractivity contribution is -0.127. The monoisotopic (exact) mass is 311 g/mol. The second-order valence-corrected chi connectivity index (χ2v) is 6.59. The Kier molecular flexibility index (Phi) is 5.31. The molecule has 2 nitrogen and oxygen atoms in total. The van der Waals surface area contributed by atoms with Crippen LogP contribution in [0.4, 0.5) is 0 Å². The first-order chi connectivity index (χ1) is 9.15. The molecule has 0 atom stereocenters. The molecule has 1 heterocycles. The van der Waals surface area contributed by atoms with Crippen LogP contribution in [0.15, 0.2) is 46.7 Å². The molecule has 0 saturated heterocycles. The van der Waals surface area contributed by atoms with E-state index in [-0.39, 0.29) is 5.91 Å². The van der Waals surface area contributed by atoms with E-state index >= 15 is 0 Å². The fraction of sp³-hybridized carbons (Fsp3) is 0.214. The number of thiophene rings is 1. The maximum absolute atomic E-state index is 12.0. The van der Waals surface area contributed by atoms with Gasteiger partial charge in [0.05, 0.1) is 12.3 Å². The first-order valence-corrected chi connectivity index (χ1v) is 8.04. The lowest BCUT2D eigenvalue weighted by atomic mass is 10.4. The van der Waals surface area contributed by atoms with Crippen molar-refractivity contribution in [1.82, 2.24) is 4.90 Å². The summed E-state index contributed by atoms with van der Waals surface area (Å²) in [5.41, 5.74) is 0. The zero-order valence-electron chi connectivity index (χ0n) is 10.5. The van der Waals surface area contributed by atoms with Crippen molar-refractivity contribution in [3.8, 4) is 0 Å². The molecular formula is C14H14ClNOS2. The molecule has 1 amide bonds. The number of carbonyl (C=O) groups excluding carboxylic acids is 1. The topological polar surface area (TPSA) is 20.3 Å². The zero-order chi connectivity index (χ0) is 13.7. The van der Waals surface area contributed by atoms with Gasteiger partial charge in [-0.05, 0) is 35.7 Å². The Hall–Kier alpha value is -0.970. The number of hydrogen-bond acceptors (Lipinski definition) is 3. The van der Waals surface area contributed by atoms with Crippen molar-refractivity contribution >= 4 is 40.6 Å². The summed E-state index contributed by atoms with van der Waals surface area (Å²) >= 11 is 9.02. The Bertz CT molecular complexity index is 525. The lowest BCUT2D eigenvalue weighted by Gasteiger charge is -2.15. The van der Waals surface area contributed by atoms with E-state index in [4.69, 9.17) is 11.6 Å². The number of hydrogen-bond donors (Lipinski definition) is 0. The maximum Gasteiger partial charge on any atom is 0.233 e. The summed E-state index contributed by atoms with van der Waals surface area (Å²) in [4.78, 5) is 16.0. The van der Waals surface area contributed by atoms with Crippen LogP contribution in [0.5, 0.6) is 0 Å². The predicted molar refractivity (Wildman–Crippen MR) is 83.0 cm³/mol. The van der Waals surface area contributed by atoms with Crippen LogP contribution in [0.1, 0.15) is 4.88 Å². The van der Waals surface area contributed by atoms with Crippen LogP contribution < -0.4 is 0 Å². The molecule has 0 aliphatic heterocycles. The Morgan fingerprint density at radius 3 is 2.68 bits per heavy atom. The molecule has 1 aromatic carbocycles. The Labute approximate surface area is 126 Å². The fourth-order valence-electron chi connectivity index (χ4n) is 1.51. The number of benzene rings is 1. The van der Waals surface area contributed by atoms with Gasteiger partial charge in [0.15, 0.2) is 0 Å². The molecule has 5 heteroatoms. The summed E-state index contributed by atoms with van der Waals surface area (Å²) in [5.74, 6) is 0.581. The fourth-order valence-corrected chi connectivity index (χ4v) is 3.23. The molecule has 2 aromatic rings. The van der Waals surface area contributed by atoms with Crippen LogP contribution in [0, 0.1) is 0 Å². The molecule has 100 valence electrons. The first kappa shape index (κ1) is 14.4. The number of rotatable bonds is 5. The summed E-state index contributed by atoms with van der Waals surface area (Å²) in [7, 11) is 1.84. The summed E-state index contributed by atoms with van der Waals surface area (Å²) in [6.45, 7) is 0.678. The molecule has 0 aliphatic carbocycles. The summed E-state index contributed by atoms with van der Waals surface area (Å²) in [5, 5.41) is 2.74. The molecule has 0 saturated carbocycles. The van der Waals surface area contributed by atoms with E-state index < -0.39 is 0 Å². The summed E-state index contributed by atoms with van der Waals surface area (Å²) in [6, 6.07) is 11.6. The number of carbonyl (C=O) groups is 1. The third-order valence-electron chi connectivity index (χ3n) is 2.57. The molecule has 0 fully saturated rings.